The summed E-state index contributed by atoms with van der Waals surface area (Å²) in [6, 6.07) is 0.616. The monoisotopic (exact) mass is 265 g/mol. The van der Waals surface area contributed by atoms with E-state index in [0.717, 1.165) is 13.2 Å². The number of allylic oxidation sites excluding steroid dienone is 1. The Hall–Kier alpha value is -0.340. The quantitative estimate of drug-likeness (QED) is 0.696. The first-order chi connectivity index (χ1) is 9.40. The molecule has 1 aliphatic carbocycles. The molecule has 2 unspecified atom stereocenters. The maximum absolute atomic E-state index is 5.87. The maximum Gasteiger partial charge on any atom is 0.0575 e. The van der Waals surface area contributed by atoms with E-state index < -0.39 is 0 Å². The number of rotatable bonds is 7. The van der Waals surface area contributed by atoms with Crippen LogP contribution in [0.3, 0.4) is 0 Å². The summed E-state index contributed by atoms with van der Waals surface area (Å²) < 4.78 is 5.87. The Bertz CT molecular complexity index is 268. The summed E-state index contributed by atoms with van der Waals surface area (Å²) in [6.45, 7) is 4.39. The van der Waals surface area contributed by atoms with E-state index in [1.165, 1.54) is 64.2 Å². The molecule has 1 fully saturated rings. The van der Waals surface area contributed by atoms with Gasteiger partial charge in [-0.05, 0) is 70.8 Å². The van der Waals surface area contributed by atoms with Crippen LogP contribution in [0.4, 0.5) is 0 Å². The molecule has 0 aromatic carbocycles. The minimum absolute atomic E-state index is 0.531. The summed E-state index contributed by atoms with van der Waals surface area (Å²) in [6.07, 6.45) is 16.0. The Morgan fingerprint density at radius 3 is 2.95 bits per heavy atom. The molecule has 2 heteroatoms. The topological polar surface area (TPSA) is 21.3 Å². The van der Waals surface area contributed by atoms with E-state index >= 15 is 0 Å². The van der Waals surface area contributed by atoms with Gasteiger partial charge in [0, 0.05) is 12.6 Å². The lowest BCUT2D eigenvalue weighted by atomic mass is 9.90. The van der Waals surface area contributed by atoms with E-state index in [1.54, 1.807) is 5.57 Å². The molecule has 2 nitrogen and oxygen atoms in total. The van der Waals surface area contributed by atoms with Crippen LogP contribution in [0.1, 0.15) is 71.1 Å². The Labute approximate surface area is 119 Å². The van der Waals surface area contributed by atoms with Crippen molar-refractivity contribution < 1.29 is 4.74 Å². The van der Waals surface area contributed by atoms with Crippen LogP contribution in [0, 0.1) is 0 Å². The summed E-state index contributed by atoms with van der Waals surface area (Å²) in [4.78, 5) is 0. The van der Waals surface area contributed by atoms with Crippen LogP contribution in [0.5, 0.6) is 0 Å². The minimum Gasteiger partial charge on any atom is -0.378 e. The number of hydrogen-bond donors (Lipinski definition) is 1. The first kappa shape index (κ1) is 15.1. The van der Waals surface area contributed by atoms with Crippen molar-refractivity contribution in [2.24, 2.45) is 0 Å². The van der Waals surface area contributed by atoms with E-state index in [9.17, 15) is 0 Å². The van der Waals surface area contributed by atoms with Gasteiger partial charge < -0.3 is 10.1 Å². The fourth-order valence-corrected chi connectivity index (χ4v) is 3.30. The van der Waals surface area contributed by atoms with Gasteiger partial charge in [0.25, 0.3) is 0 Å². The smallest absolute Gasteiger partial charge is 0.0575 e. The van der Waals surface area contributed by atoms with Crippen molar-refractivity contribution in [3.63, 3.8) is 0 Å². The minimum atomic E-state index is 0.531. The van der Waals surface area contributed by atoms with Crippen LogP contribution >= 0.6 is 0 Å². The average Bonchev–Trinajstić information content (AvgIpc) is 2.49. The lowest BCUT2D eigenvalue weighted by Gasteiger charge is -2.28. The zero-order valence-corrected chi connectivity index (χ0v) is 12.6. The fraction of sp³-hybridized carbons (Fsp3) is 0.882. The van der Waals surface area contributed by atoms with Crippen LogP contribution in [-0.2, 0) is 4.74 Å². The molecule has 0 saturated carbocycles. The highest BCUT2D eigenvalue weighted by Gasteiger charge is 2.19. The third kappa shape index (κ3) is 5.27. The molecule has 0 aromatic rings. The molecular weight excluding hydrogens is 234 g/mol. The van der Waals surface area contributed by atoms with E-state index in [2.05, 4.69) is 18.3 Å². The number of hydrogen-bond acceptors (Lipinski definition) is 2. The Morgan fingerprint density at radius 1 is 1.32 bits per heavy atom. The van der Waals surface area contributed by atoms with Crippen LogP contribution in [0.2, 0.25) is 0 Å². The highest BCUT2D eigenvalue weighted by atomic mass is 16.5. The Morgan fingerprint density at radius 2 is 2.26 bits per heavy atom. The summed E-state index contributed by atoms with van der Waals surface area (Å²) >= 11 is 0. The van der Waals surface area contributed by atoms with Gasteiger partial charge in [-0.2, -0.15) is 0 Å². The summed E-state index contributed by atoms with van der Waals surface area (Å²) in [5.41, 5.74) is 1.68. The molecular formula is C17H31NO. The molecule has 1 saturated heterocycles. The average molecular weight is 265 g/mol. The molecule has 0 spiro atoms. The molecule has 0 amide bonds. The van der Waals surface area contributed by atoms with Gasteiger partial charge in [0.1, 0.15) is 0 Å². The maximum atomic E-state index is 5.87. The molecule has 0 bridgehead atoms. The van der Waals surface area contributed by atoms with Gasteiger partial charge in [-0.15, -0.1) is 0 Å². The molecule has 1 aliphatic heterocycles. The first-order valence-electron chi connectivity index (χ1n) is 8.44. The van der Waals surface area contributed by atoms with E-state index in [0.29, 0.717) is 12.1 Å². The molecule has 1 heterocycles. The van der Waals surface area contributed by atoms with Gasteiger partial charge in [0.05, 0.1) is 6.10 Å². The van der Waals surface area contributed by atoms with Crippen LogP contribution < -0.4 is 5.32 Å². The van der Waals surface area contributed by atoms with Crippen molar-refractivity contribution >= 4 is 0 Å². The van der Waals surface area contributed by atoms with Gasteiger partial charge in [0.2, 0.25) is 0 Å². The predicted octanol–water partition coefficient (Wildman–Crippen LogP) is 4.20. The highest BCUT2D eigenvalue weighted by Crippen LogP contribution is 2.25. The van der Waals surface area contributed by atoms with Crippen molar-refractivity contribution in [3.8, 4) is 0 Å². The lowest BCUT2D eigenvalue weighted by Crippen LogP contribution is -2.33. The van der Waals surface area contributed by atoms with Crippen molar-refractivity contribution in [1.82, 2.24) is 5.32 Å². The Balaban J connectivity index is 1.80. The van der Waals surface area contributed by atoms with E-state index in [-0.39, 0.29) is 0 Å². The summed E-state index contributed by atoms with van der Waals surface area (Å²) in [5, 5.41) is 3.75. The molecule has 0 radical (unpaired) electrons. The largest absolute Gasteiger partial charge is 0.378 e. The lowest BCUT2D eigenvalue weighted by molar-refractivity contribution is 0.00906. The molecule has 2 aliphatic rings. The van der Waals surface area contributed by atoms with Gasteiger partial charge in [-0.1, -0.05) is 18.6 Å². The third-order valence-electron chi connectivity index (χ3n) is 4.47. The van der Waals surface area contributed by atoms with Crippen LogP contribution in [-0.4, -0.2) is 25.3 Å². The third-order valence-corrected chi connectivity index (χ3v) is 4.47. The SMILES string of the molecule is CCCNC(CCC1CCCCO1)C1=CCCCC1. The number of nitrogens with one attached hydrogen (secondary N) is 1. The van der Waals surface area contributed by atoms with Crippen molar-refractivity contribution in [1.29, 1.82) is 0 Å². The van der Waals surface area contributed by atoms with Crippen molar-refractivity contribution in [2.45, 2.75) is 83.3 Å². The predicted molar refractivity (Wildman–Crippen MR) is 81.5 cm³/mol. The summed E-state index contributed by atoms with van der Waals surface area (Å²) in [7, 11) is 0. The van der Waals surface area contributed by atoms with Gasteiger partial charge in [0.15, 0.2) is 0 Å². The molecule has 2 atom stereocenters. The summed E-state index contributed by atoms with van der Waals surface area (Å²) in [5.74, 6) is 0. The second kappa shape index (κ2) is 8.76. The molecule has 110 valence electrons. The zero-order valence-electron chi connectivity index (χ0n) is 12.6. The molecule has 2 rings (SSSR count). The first-order valence-corrected chi connectivity index (χ1v) is 8.44. The number of ether oxygens (including phenoxy) is 1. The normalized spacial score (nSPS) is 25.9. The van der Waals surface area contributed by atoms with E-state index in [1.807, 2.05) is 0 Å². The van der Waals surface area contributed by atoms with Gasteiger partial charge in [-0.25, -0.2) is 0 Å². The fourth-order valence-electron chi connectivity index (χ4n) is 3.30. The van der Waals surface area contributed by atoms with Crippen molar-refractivity contribution in [3.05, 3.63) is 11.6 Å². The van der Waals surface area contributed by atoms with E-state index in [4.69, 9.17) is 4.74 Å². The second-order valence-corrected chi connectivity index (χ2v) is 6.10. The van der Waals surface area contributed by atoms with Crippen LogP contribution in [0.25, 0.3) is 0 Å². The van der Waals surface area contributed by atoms with Crippen LogP contribution in [0.15, 0.2) is 11.6 Å². The van der Waals surface area contributed by atoms with Gasteiger partial charge in [-0.3, -0.25) is 0 Å². The molecule has 1 N–H and O–H groups in total. The Kier molecular flexibility index (Phi) is 6.94. The highest BCUT2D eigenvalue weighted by molar-refractivity contribution is 5.13. The van der Waals surface area contributed by atoms with Crippen molar-refractivity contribution in [2.75, 3.05) is 13.2 Å². The standard InChI is InChI=1S/C17H31NO/c1-2-13-18-17(15-8-4-3-5-9-15)12-11-16-10-6-7-14-19-16/h8,16-18H,2-7,9-14H2,1H3. The zero-order chi connectivity index (χ0) is 13.3. The van der Waals surface area contributed by atoms with Gasteiger partial charge >= 0.3 is 0 Å². The molecule has 19 heavy (non-hydrogen) atoms. The molecule has 0 aromatic heterocycles. The second-order valence-electron chi connectivity index (χ2n) is 6.10.